The van der Waals surface area contributed by atoms with Crippen LogP contribution in [0.3, 0.4) is 0 Å². The Morgan fingerprint density at radius 3 is 2.85 bits per heavy atom. The van der Waals surface area contributed by atoms with Crippen molar-refractivity contribution >= 4 is 11.9 Å². The van der Waals surface area contributed by atoms with Crippen LogP contribution in [-0.4, -0.2) is 26.9 Å². The first-order chi connectivity index (χ1) is 9.65. The molecule has 2 aromatic heterocycles. The van der Waals surface area contributed by atoms with Crippen LogP contribution >= 0.6 is 0 Å². The van der Waals surface area contributed by atoms with Gasteiger partial charge in [0.05, 0.1) is 0 Å². The van der Waals surface area contributed by atoms with Crippen molar-refractivity contribution in [3.63, 3.8) is 0 Å². The van der Waals surface area contributed by atoms with Gasteiger partial charge in [0.1, 0.15) is 5.69 Å². The lowest BCUT2D eigenvalue weighted by atomic mass is 10.3. The standard InChI is InChI=1S/C14H17N5O/c1-10(2)18-14-16-7-5-12(19-14)13(20)17-9-11-4-3-6-15-8-11/h3-8,10H,9H2,1-2H3,(H,17,20)(H,16,18,19). The summed E-state index contributed by atoms with van der Waals surface area (Å²) < 4.78 is 0. The zero-order valence-electron chi connectivity index (χ0n) is 11.5. The van der Waals surface area contributed by atoms with E-state index in [0.717, 1.165) is 5.56 Å². The third-order valence-corrected chi connectivity index (χ3v) is 2.48. The van der Waals surface area contributed by atoms with Crippen molar-refractivity contribution in [1.29, 1.82) is 0 Å². The van der Waals surface area contributed by atoms with Gasteiger partial charge in [0, 0.05) is 31.2 Å². The van der Waals surface area contributed by atoms with Crippen molar-refractivity contribution in [1.82, 2.24) is 20.3 Å². The zero-order chi connectivity index (χ0) is 14.4. The Kier molecular flexibility index (Phi) is 4.60. The summed E-state index contributed by atoms with van der Waals surface area (Å²) in [4.78, 5) is 24.2. The minimum absolute atomic E-state index is 0.212. The SMILES string of the molecule is CC(C)Nc1nccc(C(=O)NCc2cccnc2)n1. The highest BCUT2D eigenvalue weighted by atomic mass is 16.1. The fourth-order valence-electron chi connectivity index (χ4n) is 1.59. The molecule has 104 valence electrons. The van der Waals surface area contributed by atoms with Gasteiger partial charge in [0.15, 0.2) is 0 Å². The maximum absolute atomic E-state index is 12.0. The summed E-state index contributed by atoms with van der Waals surface area (Å²) in [5, 5.41) is 5.86. The Labute approximate surface area is 117 Å². The molecule has 2 aromatic rings. The molecule has 6 nitrogen and oxygen atoms in total. The van der Waals surface area contributed by atoms with Gasteiger partial charge in [0.2, 0.25) is 5.95 Å². The summed E-state index contributed by atoms with van der Waals surface area (Å²) in [6.07, 6.45) is 4.97. The molecule has 0 unspecified atom stereocenters. The maximum Gasteiger partial charge on any atom is 0.270 e. The lowest BCUT2D eigenvalue weighted by Crippen LogP contribution is -2.24. The monoisotopic (exact) mass is 271 g/mol. The Morgan fingerprint density at radius 1 is 1.30 bits per heavy atom. The summed E-state index contributed by atoms with van der Waals surface area (Å²) in [7, 11) is 0. The van der Waals surface area contributed by atoms with Crippen LogP contribution in [0, 0.1) is 0 Å². The number of carbonyl (C=O) groups is 1. The van der Waals surface area contributed by atoms with Gasteiger partial charge in [-0.05, 0) is 31.5 Å². The molecule has 2 N–H and O–H groups in total. The van der Waals surface area contributed by atoms with E-state index >= 15 is 0 Å². The zero-order valence-corrected chi connectivity index (χ0v) is 11.5. The van der Waals surface area contributed by atoms with Crippen LogP contribution < -0.4 is 10.6 Å². The smallest absolute Gasteiger partial charge is 0.270 e. The molecule has 0 fully saturated rings. The van der Waals surface area contributed by atoms with Crippen molar-refractivity contribution in [2.75, 3.05) is 5.32 Å². The van der Waals surface area contributed by atoms with E-state index in [1.807, 2.05) is 26.0 Å². The van der Waals surface area contributed by atoms with Gasteiger partial charge in [0.25, 0.3) is 5.91 Å². The molecule has 0 saturated heterocycles. The molecule has 1 amide bonds. The van der Waals surface area contributed by atoms with Crippen LogP contribution in [0.25, 0.3) is 0 Å². The van der Waals surface area contributed by atoms with Gasteiger partial charge < -0.3 is 10.6 Å². The van der Waals surface area contributed by atoms with E-state index < -0.39 is 0 Å². The molecule has 0 atom stereocenters. The van der Waals surface area contributed by atoms with Crippen LogP contribution in [0.5, 0.6) is 0 Å². The lowest BCUT2D eigenvalue weighted by Gasteiger charge is -2.09. The number of nitrogens with zero attached hydrogens (tertiary/aromatic N) is 3. The van der Waals surface area contributed by atoms with Gasteiger partial charge in [-0.3, -0.25) is 9.78 Å². The average molecular weight is 271 g/mol. The van der Waals surface area contributed by atoms with Crippen LogP contribution in [0.2, 0.25) is 0 Å². The number of nitrogens with one attached hydrogen (secondary N) is 2. The van der Waals surface area contributed by atoms with Crippen molar-refractivity contribution in [3.8, 4) is 0 Å². The third kappa shape index (κ3) is 4.01. The minimum Gasteiger partial charge on any atom is -0.352 e. The van der Waals surface area contributed by atoms with Crippen LogP contribution in [0.4, 0.5) is 5.95 Å². The number of aromatic nitrogens is 3. The predicted molar refractivity (Wildman–Crippen MR) is 76.2 cm³/mol. The molecule has 6 heteroatoms. The average Bonchev–Trinajstić information content (AvgIpc) is 2.45. The number of amides is 1. The fraction of sp³-hybridized carbons (Fsp3) is 0.286. The lowest BCUT2D eigenvalue weighted by molar-refractivity contribution is 0.0946. The highest BCUT2D eigenvalue weighted by Crippen LogP contribution is 2.03. The molecule has 0 radical (unpaired) electrons. The topological polar surface area (TPSA) is 79.8 Å². The third-order valence-electron chi connectivity index (χ3n) is 2.48. The van der Waals surface area contributed by atoms with E-state index in [1.165, 1.54) is 0 Å². The molecule has 0 bridgehead atoms. The molecule has 0 aliphatic heterocycles. The van der Waals surface area contributed by atoms with E-state index in [2.05, 4.69) is 25.6 Å². The summed E-state index contributed by atoms with van der Waals surface area (Å²) in [5.74, 6) is 0.220. The van der Waals surface area contributed by atoms with Crippen molar-refractivity contribution in [2.45, 2.75) is 26.4 Å². The molecule has 0 aliphatic carbocycles. The quantitative estimate of drug-likeness (QED) is 0.864. The number of anilines is 1. The second-order valence-electron chi connectivity index (χ2n) is 4.61. The predicted octanol–water partition coefficient (Wildman–Crippen LogP) is 1.62. The maximum atomic E-state index is 12.0. The van der Waals surface area contributed by atoms with Gasteiger partial charge in [-0.25, -0.2) is 9.97 Å². The first kappa shape index (κ1) is 13.9. The second-order valence-corrected chi connectivity index (χ2v) is 4.61. The van der Waals surface area contributed by atoms with Crippen LogP contribution in [0.1, 0.15) is 29.9 Å². The van der Waals surface area contributed by atoms with E-state index in [-0.39, 0.29) is 11.9 Å². The molecule has 0 saturated carbocycles. The highest BCUT2D eigenvalue weighted by molar-refractivity contribution is 5.92. The largest absolute Gasteiger partial charge is 0.352 e. The molecular weight excluding hydrogens is 254 g/mol. The van der Waals surface area contributed by atoms with Crippen molar-refractivity contribution in [2.24, 2.45) is 0 Å². The van der Waals surface area contributed by atoms with E-state index in [1.54, 1.807) is 24.7 Å². The van der Waals surface area contributed by atoms with E-state index in [0.29, 0.717) is 18.2 Å². The molecule has 0 spiro atoms. The van der Waals surface area contributed by atoms with Gasteiger partial charge >= 0.3 is 0 Å². The Hall–Kier alpha value is -2.50. The van der Waals surface area contributed by atoms with E-state index in [4.69, 9.17) is 0 Å². The Balaban J connectivity index is 1.98. The summed E-state index contributed by atoms with van der Waals surface area (Å²) in [6.45, 7) is 4.39. The van der Waals surface area contributed by atoms with Crippen LogP contribution in [-0.2, 0) is 6.54 Å². The number of pyridine rings is 1. The summed E-state index contributed by atoms with van der Waals surface area (Å²) in [5.41, 5.74) is 1.28. The van der Waals surface area contributed by atoms with Crippen molar-refractivity contribution < 1.29 is 4.79 Å². The van der Waals surface area contributed by atoms with Crippen LogP contribution in [0.15, 0.2) is 36.8 Å². The van der Waals surface area contributed by atoms with Gasteiger partial charge in [-0.1, -0.05) is 6.07 Å². The van der Waals surface area contributed by atoms with Gasteiger partial charge in [-0.15, -0.1) is 0 Å². The Bertz CT molecular complexity index is 571. The number of hydrogen-bond acceptors (Lipinski definition) is 5. The molecular formula is C14H17N5O. The molecule has 2 heterocycles. The molecule has 0 aliphatic rings. The second kappa shape index (κ2) is 6.60. The van der Waals surface area contributed by atoms with E-state index in [9.17, 15) is 4.79 Å². The fourth-order valence-corrected chi connectivity index (χ4v) is 1.59. The Morgan fingerprint density at radius 2 is 2.15 bits per heavy atom. The first-order valence-electron chi connectivity index (χ1n) is 6.42. The molecule has 0 aromatic carbocycles. The first-order valence-corrected chi connectivity index (χ1v) is 6.42. The normalized spacial score (nSPS) is 10.3. The van der Waals surface area contributed by atoms with Gasteiger partial charge in [-0.2, -0.15) is 0 Å². The summed E-state index contributed by atoms with van der Waals surface area (Å²) in [6, 6.07) is 5.53. The number of hydrogen-bond donors (Lipinski definition) is 2. The van der Waals surface area contributed by atoms with Crippen molar-refractivity contribution in [3.05, 3.63) is 48.0 Å². The molecule has 2 rings (SSSR count). The number of rotatable bonds is 5. The number of carbonyl (C=O) groups excluding carboxylic acids is 1. The highest BCUT2D eigenvalue weighted by Gasteiger charge is 2.09. The molecule has 20 heavy (non-hydrogen) atoms. The summed E-state index contributed by atoms with van der Waals surface area (Å²) >= 11 is 0. The minimum atomic E-state index is -0.233.